The van der Waals surface area contributed by atoms with Crippen molar-refractivity contribution >= 4 is 22.9 Å². The van der Waals surface area contributed by atoms with E-state index < -0.39 is 12.6 Å². The van der Waals surface area contributed by atoms with E-state index in [1.54, 1.807) is 6.20 Å². The van der Waals surface area contributed by atoms with Crippen LogP contribution in [-0.2, 0) is 6.42 Å². The van der Waals surface area contributed by atoms with Crippen LogP contribution in [0.2, 0.25) is 5.02 Å². The van der Waals surface area contributed by atoms with Crippen LogP contribution in [0.3, 0.4) is 0 Å². The molecule has 0 unspecified atom stereocenters. The Morgan fingerprint density at radius 1 is 1.35 bits per heavy atom. The highest BCUT2D eigenvalue weighted by atomic mass is 35.5. The lowest BCUT2D eigenvalue weighted by Gasteiger charge is -2.02. The molecule has 0 fully saturated rings. The minimum absolute atomic E-state index is 0.164. The second-order valence-corrected chi connectivity index (χ2v) is 4.13. The fraction of sp³-hybridized carbons (Fsp3) is 0.300. The van der Waals surface area contributed by atoms with Gasteiger partial charge in [-0.05, 0) is 12.5 Å². The fourth-order valence-electron chi connectivity index (χ4n) is 1.53. The van der Waals surface area contributed by atoms with Crippen LogP contribution in [0.15, 0.2) is 18.5 Å². The van der Waals surface area contributed by atoms with Crippen LogP contribution >= 0.6 is 11.6 Å². The minimum atomic E-state index is -4.18. The summed E-state index contributed by atoms with van der Waals surface area (Å²) >= 11 is 5.77. The van der Waals surface area contributed by atoms with Gasteiger partial charge in [0.05, 0.1) is 16.4 Å². The molecule has 2 aromatic heterocycles. The zero-order valence-corrected chi connectivity index (χ0v) is 9.39. The van der Waals surface area contributed by atoms with Gasteiger partial charge in [0, 0.05) is 18.8 Å². The average Bonchev–Trinajstić information content (AvgIpc) is 2.56. The highest BCUT2D eigenvalue weighted by Crippen LogP contribution is 2.23. The van der Waals surface area contributed by atoms with Crippen molar-refractivity contribution in [3.05, 3.63) is 29.2 Å². The Hall–Kier alpha value is -1.43. The number of nitrogens with zero attached hydrogens (tertiary/aromatic N) is 2. The molecule has 2 N–H and O–H groups in total. The maximum Gasteiger partial charge on any atom is 0.389 e. The summed E-state index contributed by atoms with van der Waals surface area (Å²) in [5.74, 6) is 0. The molecular formula is C10H9ClF3N3. The largest absolute Gasteiger partial charge is 0.396 e. The molecule has 0 saturated heterocycles. The Kier molecular flexibility index (Phi) is 2.91. The number of imidazole rings is 1. The van der Waals surface area contributed by atoms with Crippen LogP contribution < -0.4 is 5.73 Å². The number of anilines is 1. The van der Waals surface area contributed by atoms with Crippen LogP contribution in [0.1, 0.15) is 12.1 Å². The number of aryl methyl sites for hydroxylation is 1. The predicted octanol–water partition coefficient (Wildman–Crippen LogP) is 3.06. The van der Waals surface area contributed by atoms with E-state index in [1.165, 1.54) is 16.7 Å². The number of halogens is 4. The van der Waals surface area contributed by atoms with Crippen LogP contribution in [0.25, 0.3) is 5.65 Å². The molecule has 0 amide bonds. The Bertz CT molecular complexity index is 547. The van der Waals surface area contributed by atoms with E-state index in [0.29, 0.717) is 22.1 Å². The van der Waals surface area contributed by atoms with Gasteiger partial charge in [0.15, 0.2) is 5.65 Å². The normalized spacial score (nSPS) is 12.2. The minimum Gasteiger partial charge on any atom is -0.396 e. The molecule has 0 spiro atoms. The molecule has 0 bridgehead atoms. The fourth-order valence-corrected chi connectivity index (χ4v) is 1.75. The van der Waals surface area contributed by atoms with Crippen molar-refractivity contribution in [2.24, 2.45) is 0 Å². The van der Waals surface area contributed by atoms with Crippen LogP contribution in [0.4, 0.5) is 18.9 Å². The van der Waals surface area contributed by atoms with Crippen LogP contribution in [0, 0.1) is 0 Å². The van der Waals surface area contributed by atoms with Crippen molar-refractivity contribution in [1.29, 1.82) is 0 Å². The van der Waals surface area contributed by atoms with E-state index in [4.69, 9.17) is 17.3 Å². The van der Waals surface area contributed by atoms with Gasteiger partial charge in [0.25, 0.3) is 0 Å². The molecule has 0 aliphatic heterocycles. The topological polar surface area (TPSA) is 43.3 Å². The molecule has 3 nitrogen and oxygen atoms in total. The number of aromatic nitrogens is 2. The molecule has 17 heavy (non-hydrogen) atoms. The van der Waals surface area contributed by atoms with Crippen molar-refractivity contribution in [1.82, 2.24) is 9.38 Å². The Morgan fingerprint density at radius 3 is 2.71 bits per heavy atom. The summed E-state index contributed by atoms with van der Waals surface area (Å²) in [5.41, 5.74) is 6.77. The van der Waals surface area contributed by atoms with Gasteiger partial charge in [0.1, 0.15) is 0 Å². The first-order valence-corrected chi connectivity index (χ1v) is 5.22. The summed E-state index contributed by atoms with van der Waals surface area (Å²) in [6, 6.07) is 1.51. The predicted molar refractivity (Wildman–Crippen MR) is 59.0 cm³/mol. The molecule has 2 heterocycles. The molecule has 0 saturated carbocycles. The zero-order chi connectivity index (χ0) is 12.6. The standard InChI is InChI=1S/C10H9ClF3N3/c11-6-3-8(15)9-16-7(5-17(9)4-6)1-2-10(12,13)14/h3-5H,1-2,15H2. The quantitative estimate of drug-likeness (QED) is 0.905. The number of nitrogens with two attached hydrogens (primary N) is 1. The summed E-state index contributed by atoms with van der Waals surface area (Å²) < 4.78 is 37.7. The summed E-state index contributed by atoms with van der Waals surface area (Å²) in [7, 11) is 0. The second-order valence-electron chi connectivity index (χ2n) is 3.69. The number of fused-ring (bicyclic) bond motifs is 1. The van der Waals surface area contributed by atoms with E-state index in [-0.39, 0.29) is 6.42 Å². The molecule has 0 aromatic carbocycles. The number of alkyl halides is 3. The number of hydrogen-bond acceptors (Lipinski definition) is 2. The molecule has 0 atom stereocenters. The molecule has 0 aliphatic carbocycles. The Labute approximate surface area is 100 Å². The van der Waals surface area contributed by atoms with Gasteiger partial charge in [0.2, 0.25) is 0 Å². The van der Waals surface area contributed by atoms with Crippen molar-refractivity contribution in [3.8, 4) is 0 Å². The molecule has 2 aromatic rings. The smallest absolute Gasteiger partial charge is 0.389 e. The van der Waals surface area contributed by atoms with Crippen LogP contribution in [0.5, 0.6) is 0 Å². The molecule has 92 valence electrons. The van der Waals surface area contributed by atoms with Gasteiger partial charge in [-0.2, -0.15) is 13.2 Å². The lowest BCUT2D eigenvalue weighted by molar-refractivity contribution is -0.134. The van der Waals surface area contributed by atoms with E-state index in [2.05, 4.69) is 4.98 Å². The van der Waals surface area contributed by atoms with E-state index in [0.717, 1.165) is 0 Å². The summed E-state index contributed by atoms with van der Waals surface area (Å²) in [6.07, 6.45) is -2.19. The Morgan fingerprint density at radius 2 is 2.06 bits per heavy atom. The first-order valence-electron chi connectivity index (χ1n) is 4.84. The van der Waals surface area contributed by atoms with Gasteiger partial charge in [-0.3, -0.25) is 0 Å². The maximum atomic E-state index is 12.1. The number of rotatable bonds is 2. The van der Waals surface area contributed by atoms with Gasteiger partial charge in [-0.15, -0.1) is 0 Å². The third kappa shape index (κ3) is 2.82. The first-order chi connectivity index (χ1) is 7.85. The lowest BCUT2D eigenvalue weighted by Crippen LogP contribution is -2.08. The van der Waals surface area contributed by atoms with Gasteiger partial charge in [-0.1, -0.05) is 11.6 Å². The van der Waals surface area contributed by atoms with Crippen LogP contribution in [-0.4, -0.2) is 15.6 Å². The second kappa shape index (κ2) is 4.10. The van der Waals surface area contributed by atoms with Crippen molar-refractivity contribution < 1.29 is 13.2 Å². The number of hydrogen-bond donors (Lipinski definition) is 1. The summed E-state index contributed by atoms with van der Waals surface area (Å²) in [4.78, 5) is 4.04. The van der Waals surface area contributed by atoms with Gasteiger partial charge < -0.3 is 10.1 Å². The summed E-state index contributed by atoms with van der Waals surface area (Å²) in [5, 5.41) is 0.412. The lowest BCUT2D eigenvalue weighted by atomic mass is 10.2. The molecular weight excluding hydrogens is 255 g/mol. The summed E-state index contributed by atoms with van der Waals surface area (Å²) in [6.45, 7) is 0. The van der Waals surface area contributed by atoms with Gasteiger partial charge >= 0.3 is 6.18 Å². The molecule has 2 rings (SSSR count). The van der Waals surface area contributed by atoms with Crippen molar-refractivity contribution in [2.75, 3.05) is 5.73 Å². The monoisotopic (exact) mass is 263 g/mol. The van der Waals surface area contributed by atoms with E-state index >= 15 is 0 Å². The SMILES string of the molecule is Nc1cc(Cl)cn2cc(CCC(F)(F)F)nc12. The average molecular weight is 264 g/mol. The third-order valence-corrected chi connectivity index (χ3v) is 2.47. The third-order valence-electron chi connectivity index (χ3n) is 2.26. The van der Waals surface area contributed by atoms with E-state index in [1.807, 2.05) is 0 Å². The van der Waals surface area contributed by atoms with Crippen molar-refractivity contribution in [2.45, 2.75) is 19.0 Å². The molecule has 0 aliphatic rings. The van der Waals surface area contributed by atoms with Crippen molar-refractivity contribution in [3.63, 3.8) is 0 Å². The number of pyridine rings is 1. The highest BCUT2D eigenvalue weighted by Gasteiger charge is 2.27. The van der Waals surface area contributed by atoms with Gasteiger partial charge in [-0.25, -0.2) is 4.98 Å². The van der Waals surface area contributed by atoms with E-state index in [9.17, 15) is 13.2 Å². The number of nitrogen functional groups attached to an aromatic ring is 1. The Balaban J connectivity index is 2.29. The zero-order valence-electron chi connectivity index (χ0n) is 8.63. The highest BCUT2D eigenvalue weighted by molar-refractivity contribution is 6.30. The molecule has 7 heteroatoms. The first kappa shape index (κ1) is 12.0. The molecule has 0 radical (unpaired) electrons. The maximum absolute atomic E-state index is 12.1.